The van der Waals surface area contributed by atoms with Crippen molar-refractivity contribution in [3.05, 3.63) is 52.6 Å². The smallest absolute Gasteiger partial charge is 0.287 e. The quantitative estimate of drug-likeness (QED) is 0.785. The van der Waals surface area contributed by atoms with Crippen LogP contribution in [0.1, 0.15) is 63.6 Å². The van der Waals surface area contributed by atoms with E-state index in [0.29, 0.717) is 24.6 Å². The van der Waals surface area contributed by atoms with Gasteiger partial charge in [-0.2, -0.15) is 0 Å². The summed E-state index contributed by atoms with van der Waals surface area (Å²) < 4.78 is 7.48. The highest BCUT2D eigenvalue weighted by atomic mass is 16.5. The summed E-state index contributed by atoms with van der Waals surface area (Å²) in [5.41, 5.74) is 3.45. The third kappa shape index (κ3) is 4.50. The summed E-state index contributed by atoms with van der Waals surface area (Å²) >= 11 is 0. The van der Waals surface area contributed by atoms with Gasteiger partial charge in [0.2, 0.25) is 0 Å². The zero-order chi connectivity index (χ0) is 20.2. The monoisotopic (exact) mass is 396 g/mol. The molecule has 29 heavy (non-hydrogen) atoms. The van der Waals surface area contributed by atoms with Gasteiger partial charge < -0.3 is 19.9 Å². The first kappa shape index (κ1) is 19.6. The van der Waals surface area contributed by atoms with Gasteiger partial charge in [0.1, 0.15) is 5.69 Å². The molecule has 2 N–H and O–H groups in total. The van der Waals surface area contributed by atoms with Gasteiger partial charge >= 0.3 is 0 Å². The number of imidazole rings is 1. The Balaban J connectivity index is 1.46. The number of carbonyl (C=O) groups is 2. The maximum atomic E-state index is 12.8. The summed E-state index contributed by atoms with van der Waals surface area (Å²) in [5, 5.41) is 5.87. The highest BCUT2D eigenvalue weighted by Gasteiger charge is 2.28. The van der Waals surface area contributed by atoms with Crippen LogP contribution in [0.4, 0.5) is 0 Å². The fourth-order valence-corrected chi connectivity index (χ4v) is 3.96. The molecule has 1 aromatic heterocycles. The predicted octanol–water partition coefficient (Wildman–Crippen LogP) is 2.37. The molecule has 0 radical (unpaired) electrons. The average molecular weight is 396 g/mol. The van der Waals surface area contributed by atoms with E-state index in [9.17, 15) is 9.59 Å². The first-order valence-electron chi connectivity index (χ1n) is 10.4. The maximum absolute atomic E-state index is 12.8. The zero-order valence-electron chi connectivity index (χ0n) is 16.9. The van der Waals surface area contributed by atoms with E-state index in [-0.39, 0.29) is 17.9 Å². The standard InChI is InChI=1S/C22H28N4O3/c1-15-7-9-16(10-8-15)13-23-21(27)19-18-6-2-3-11-26(18)20(25-19)22(28)24-14-17-5-4-12-29-17/h7-10,17H,2-6,11-14H2,1H3,(H,23,27)(H,24,28). The Labute approximate surface area is 170 Å². The van der Waals surface area contributed by atoms with Crippen molar-refractivity contribution in [2.24, 2.45) is 0 Å². The Morgan fingerprint density at radius 2 is 1.97 bits per heavy atom. The molecule has 154 valence electrons. The van der Waals surface area contributed by atoms with Gasteiger partial charge in [-0.05, 0) is 44.6 Å². The summed E-state index contributed by atoms with van der Waals surface area (Å²) in [6.07, 6.45) is 4.82. The van der Waals surface area contributed by atoms with Crippen LogP contribution in [0.25, 0.3) is 0 Å². The highest BCUT2D eigenvalue weighted by Crippen LogP contribution is 2.21. The highest BCUT2D eigenvalue weighted by molar-refractivity contribution is 5.97. The van der Waals surface area contributed by atoms with Gasteiger partial charge in [-0.3, -0.25) is 9.59 Å². The topological polar surface area (TPSA) is 85.2 Å². The number of ether oxygens (including phenoxy) is 1. The summed E-state index contributed by atoms with van der Waals surface area (Å²) in [4.78, 5) is 30.0. The van der Waals surface area contributed by atoms with Crippen molar-refractivity contribution in [1.29, 1.82) is 0 Å². The number of carbonyl (C=O) groups excluding carboxylic acids is 2. The van der Waals surface area contributed by atoms with E-state index >= 15 is 0 Å². The lowest BCUT2D eigenvalue weighted by Gasteiger charge is -2.17. The number of hydrogen-bond acceptors (Lipinski definition) is 4. The molecule has 0 spiro atoms. The number of amides is 2. The number of fused-ring (bicyclic) bond motifs is 1. The van der Waals surface area contributed by atoms with Crippen molar-refractivity contribution in [3.63, 3.8) is 0 Å². The summed E-state index contributed by atoms with van der Waals surface area (Å²) in [7, 11) is 0. The van der Waals surface area contributed by atoms with Gasteiger partial charge in [0, 0.05) is 26.2 Å². The zero-order valence-corrected chi connectivity index (χ0v) is 16.9. The predicted molar refractivity (Wildman–Crippen MR) is 109 cm³/mol. The number of hydrogen-bond donors (Lipinski definition) is 2. The van der Waals surface area contributed by atoms with Crippen molar-refractivity contribution in [2.45, 2.75) is 58.2 Å². The summed E-state index contributed by atoms with van der Waals surface area (Å²) in [6, 6.07) is 8.05. The van der Waals surface area contributed by atoms with Gasteiger partial charge in [0.05, 0.1) is 11.8 Å². The molecule has 7 nitrogen and oxygen atoms in total. The number of rotatable bonds is 6. The molecule has 0 aliphatic carbocycles. The van der Waals surface area contributed by atoms with E-state index in [4.69, 9.17) is 4.74 Å². The van der Waals surface area contributed by atoms with Crippen LogP contribution in [0.15, 0.2) is 24.3 Å². The Morgan fingerprint density at radius 3 is 2.72 bits per heavy atom. The molecule has 1 atom stereocenters. The van der Waals surface area contributed by atoms with Crippen LogP contribution in [0.5, 0.6) is 0 Å². The van der Waals surface area contributed by atoms with Crippen LogP contribution in [-0.4, -0.2) is 40.6 Å². The minimum absolute atomic E-state index is 0.0759. The van der Waals surface area contributed by atoms with Gasteiger partial charge in [-0.1, -0.05) is 29.8 Å². The minimum atomic E-state index is -0.235. The second kappa shape index (κ2) is 8.78. The van der Waals surface area contributed by atoms with Crippen LogP contribution in [-0.2, 0) is 24.2 Å². The minimum Gasteiger partial charge on any atom is -0.376 e. The molecule has 4 rings (SSSR count). The van der Waals surface area contributed by atoms with Gasteiger partial charge in [0.25, 0.3) is 11.8 Å². The maximum Gasteiger partial charge on any atom is 0.287 e. The van der Waals surface area contributed by atoms with Gasteiger partial charge in [-0.25, -0.2) is 4.98 Å². The first-order chi connectivity index (χ1) is 14.1. The number of aryl methyl sites for hydroxylation is 1. The lowest BCUT2D eigenvalue weighted by atomic mass is 10.1. The van der Waals surface area contributed by atoms with Crippen LogP contribution in [0, 0.1) is 6.92 Å². The molecular weight excluding hydrogens is 368 g/mol. The number of aromatic nitrogens is 2. The second-order valence-corrected chi connectivity index (χ2v) is 7.85. The summed E-state index contributed by atoms with van der Waals surface area (Å²) in [5.74, 6) is -0.131. The fourth-order valence-electron chi connectivity index (χ4n) is 3.96. The molecule has 1 saturated heterocycles. The molecule has 2 amide bonds. The third-order valence-corrected chi connectivity index (χ3v) is 5.62. The lowest BCUT2D eigenvalue weighted by molar-refractivity contribution is 0.0845. The largest absolute Gasteiger partial charge is 0.376 e. The molecule has 2 aliphatic rings. The normalized spacial score (nSPS) is 18.3. The number of nitrogens with zero attached hydrogens (tertiary/aromatic N) is 2. The van der Waals surface area contributed by atoms with E-state index in [0.717, 1.165) is 56.5 Å². The molecule has 7 heteroatoms. The molecule has 2 aromatic rings. The average Bonchev–Trinajstić information content (AvgIpc) is 3.39. The Morgan fingerprint density at radius 1 is 1.14 bits per heavy atom. The van der Waals surface area contributed by atoms with E-state index < -0.39 is 0 Å². The lowest BCUT2D eigenvalue weighted by Crippen LogP contribution is -2.34. The molecule has 2 aliphatic heterocycles. The van der Waals surface area contributed by atoms with Crippen LogP contribution < -0.4 is 10.6 Å². The van der Waals surface area contributed by atoms with Gasteiger partial charge in [-0.15, -0.1) is 0 Å². The molecular formula is C22H28N4O3. The van der Waals surface area contributed by atoms with Crippen LogP contribution >= 0.6 is 0 Å². The fraction of sp³-hybridized carbons (Fsp3) is 0.500. The van der Waals surface area contributed by atoms with Crippen molar-refractivity contribution < 1.29 is 14.3 Å². The molecule has 3 heterocycles. The van der Waals surface area contributed by atoms with Crippen molar-refractivity contribution in [2.75, 3.05) is 13.2 Å². The molecule has 0 saturated carbocycles. The number of benzene rings is 1. The molecule has 1 fully saturated rings. The Hall–Kier alpha value is -2.67. The second-order valence-electron chi connectivity index (χ2n) is 7.85. The van der Waals surface area contributed by atoms with Gasteiger partial charge in [0.15, 0.2) is 5.82 Å². The first-order valence-corrected chi connectivity index (χ1v) is 10.4. The Kier molecular flexibility index (Phi) is 5.94. The van der Waals surface area contributed by atoms with Crippen LogP contribution in [0.3, 0.4) is 0 Å². The van der Waals surface area contributed by atoms with Crippen LogP contribution in [0.2, 0.25) is 0 Å². The van der Waals surface area contributed by atoms with E-state index in [1.807, 2.05) is 35.8 Å². The van der Waals surface area contributed by atoms with E-state index in [1.165, 1.54) is 5.56 Å². The Bertz CT molecular complexity index is 882. The van der Waals surface area contributed by atoms with E-state index in [1.54, 1.807) is 0 Å². The van der Waals surface area contributed by atoms with E-state index in [2.05, 4.69) is 15.6 Å². The van der Waals surface area contributed by atoms with Crippen molar-refractivity contribution in [1.82, 2.24) is 20.2 Å². The van der Waals surface area contributed by atoms with Crippen molar-refractivity contribution >= 4 is 11.8 Å². The SMILES string of the molecule is Cc1ccc(CNC(=O)c2nc(C(=O)NCC3CCCO3)n3c2CCCC3)cc1. The summed E-state index contributed by atoms with van der Waals surface area (Å²) in [6.45, 7) is 4.42. The number of nitrogens with one attached hydrogen (secondary N) is 2. The van der Waals surface area contributed by atoms with Crippen molar-refractivity contribution in [3.8, 4) is 0 Å². The molecule has 1 unspecified atom stereocenters. The molecule has 0 bridgehead atoms. The third-order valence-electron chi connectivity index (χ3n) is 5.62. The molecule has 1 aromatic carbocycles.